The lowest BCUT2D eigenvalue weighted by atomic mass is 10.2. The minimum atomic E-state index is -3.39. The summed E-state index contributed by atoms with van der Waals surface area (Å²) in [5.41, 5.74) is 0.861. The van der Waals surface area contributed by atoms with Crippen LogP contribution in [0.2, 0.25) is 0 Å². The van der Waals surface area contributed by atoms with Crippen LogP contribution in [0.4, 0.5) is 0 Å². The third-order valence-electron chi connectivity index (χ3n) is 2.83. The number of rotatable bonds is 9. The Bertz CT molecular complexity index is 627. The minimum Gasteiger partial charge on any atom is -0.214 e. The molecule has 0 aliphatic rings. The highest BCUT2D eigenvalue weighted by molar-refractivity contribution is 7.89. The van der Waals surface area contributed by atoms with Crippen LogP contribution in [0.1, 0.15) is 18.9 Å². The highest BCUT2D eigenvalue weighted by Crippen LogP contribution is 2.07. The summed E-state index contributed by atoms with van der Waals surface area (Å²) < 4.78 is 50.3. The third-order valence-corrected chi connectivity index (χ3v) is 5.67. The van der Waals surface area contributed by atoms with E-state index in [2.05, 4.69) is 4.72 Å². The summed E-state index contributed by atoms with van der Waals surface area (Å²) in [5, 5.41) is 0. The molecule has 1 aromatic carbocycles. The summed E-state index contributed by atoms with van der Waals surface area (Å²) >= 11 is 0. The highest BCUT2D eigenvalue weighted by Gasteiger charge is 2.17. The van der Waals surface area contributed by atoms with Crippen molar-refractivity contribution < 1.29 is 16.8 Å². The van der Waals surface area contributed by atoms with Gasteiger partial charge in [0.1, 0.15) is 0 Å². The average molecular weight is 334 g/mol. The van der Waals surface area contributed by atoms with Gasteiger partial charge in [0.05, 0.1) is 12.0 Å². The molecule has 6 nitrogen and oxygen atoms in total. The number of nitrogens with zero attached hydrogens (tertiary/aromatic N) is 1. The van der Waals surface area contributed by atoms with Gasteiger partial charge in [0.25, 0.3) is 0 Å². The largest absolute Gasteiger partial charge is 0.214 e. The molecule has 1 aromatic rings. The van der Waals surface area contributed by atoms with Gasteiger partial charge in [-0.1, -0.05) is 37.3 Å². The molecule has 0 heterocycles. The number of benzene rings is 1. The number of hydrogen-bond acceptors (Lipinski definition) is 4. The Morgan fingerprint density at radius 1 is 1.10 bits per heavy atom. The minimum absolute atomic E-state index is 0.0462. The first-order valence-electron chi connectivity index (χ1n) is 6.71. The quantitative estimate of drug-likeness (QED) is 0.723. The topological polar surface area (TPSA) is 83.6 Å². The van der Waals surface area contributed by atoms with E-state index in [9.17, 15) is 16.8 Å². The molecule has 0 aliphatic carbocycles. The molecule has 0 radical (unpaired) electrons. The first-order valence-corrected chi connectivity index (χ1v) is 10.2. The molecule has 0 saturated heterocycles. The molecule has 8 heteroatoms. The van der Waals surface area contributed by atoms with E-state index in [1.165, 1.54) is 4.31 Å². The predicted molar refractivity (Wildman–Crippen MR) is 83.8 cm³/mol. The molecule has 0 atom stereocenters. The molecule has 1 N–H and O–H groups in total. The Morgan fingerprint density at radius 2 is 1.71 bits per heavy atom. The maximum atomic E-state index is 11.8. The van der Waals surface area contributed by atoms with Crippen molar-refractivity contribution in [1.82, 2.24) is 9.03 Å². The second-order valence-electron chi connectivity index (χ2n) is 4.80. The zero-order valence-corrected chi connectivity index (χ0v) is 14.0. The summed E-state index contributed by atoms with van der Waals surface area (Å²) in [6.45, 7) is 2.19. The molecule has 0 amide bonds. The lowest BCUT2D eigenvalue weighted by molar-refractivity contribution is 0.412. The maximum Gasteiger partial charge on any atom is 0.211 e. The van der Waals surface area contributed by atoms with Gasteiger partial charge in [-0.05, 0) is 12.0 Å². The summed E-state index contributed by atoms with van der Waals surface area (Å²) in [6, 6.07) is 9.19. The van der Waals surface area contributed by atoms with E-state index in [0.29, 0.717) is 6.42 Å². The molecular weight excluding hydrogens is 312 g/mol. The van der Waals surface area contributed by atoms with Crippen molar-refractivity contribution in [2.24, 2.45) is 0 Å². The molecule has 0 unspecified atom stereocenters. The van der Waals surface area contributed by atoms with Crippen LogP contribution in [0.3, 0.4) is 0 Å². The van der Waals surface area contributed by atoms with Gasteiger partial charge in [-0.25, -0.2) is 21.6 Å². The SMILES string of the molecule is CCCS(=O)(=O)NCCN(Cc1ccccc1)S(C)(=O)=O. The number of sulfonamides is 2. The summed E-state index contributed by atoms with van der Waals surface area (Å²) in [5.74, 6) is 0.0462. The highest BCUT2D eigenvalue weighted by atomic mass is 32.2. The van der Waals surface area contributed by atoms with E-state index in [-0.39, 0.29) is 25.4 Å². The van der Waals surface area contributed by atoms with Crippen molar-refractivity contribution in [2.45, 2.75) is 19.9 Å². The van der Waals surface area contributed by atoms with Crippen LogP contribution < -0.4 is 4.72 Å². The lowest BCUT2D eigenvalue weighted by Gasteiger charge is -2.20. The van der Waals surface area contributed by atoms with Crippen LogP contribution in [0.5, 0.6) is 0 Å². The van der Waals surface area contributed by atoms with Crippen LogP contribution in [-0.4, -0.2) is 46.2 Å². The first kappa shape index (κ1) is 18.1. The number of hydrogen-bond donors (Lipinski definition) is 1. The predicted octanol–water partition coefficient (Wildman–Crippen LogP) is 0.778. The Kier molecular flexibility index (Phi) is 6.79. The fourth-order valence-electron chi connectivity index (χ4n) is 1.82. The molecule has 0 aromatic heterocycles. The van der Waals surface area contributed by atoms with Crippen molar-refractivity contribution >= 4 is 20.0 Å². The Morgan fingerprint density at radius 3 is 2.24 bits per heavy atom. The van der Waals surface area contributed by atoms with Gasteiger partial charge >= 0.3 is 0 Å². The summed E-state index contributed by atoms with van der Waals surface area (Å²) in [4.78, 5) is 0. The van der Waals surface area contributed by atoms with Gasteiger partial charge in [-0.15, -0.1) is 0 Å². The molecule has 1 rings (SSSR count). The van der Waals surface area contributed by atoms with Crippen molar-refractivity contribution in [1.29, 1.82) is 0 Å². The molecule has 21 heavy (non-hydrogen) atoms. The molecule has 0 spiro atoms. The fourth-order valence-corrected chi connectivity index (χ4v) is 3.71. The van der Waals surface area contributed by atoms with Crippen LogP contribution in [0.15, 0.2) is 30.3 Å². The second kappa shape index (κ2) is 7.88. The molecule has 0 fully saturated rings. The Hall–Kier alpha value is -0.960. The monoisotopic (exact) mass is 334 g/mol. The second-order valence-corrected chi connectivity index (χ2v) is 8.70. The van der Waals surface area contributed by atoms with Crippen molar-refractivity contribution in [2.75, 3.05) is 25.1 Å². The molecule has 120 valence electrons. The van der Waals surface area contributed by atoms with Gasteiger partial charge in [0.15, 0.2) is 0 Å². The van der Waals surface area contributed by atoms with E-state index in [0.717, 1.165) is 11.8 Å². The van der Waals surface area contributed by atoms with E-state index in [1.807, 2.05) is 30.3 Å². The third kappa shape index (κ3) is 7.03. The average Bonchev–Trinajstić information content (AvgIpc) is 2.37. The smallest absolute Gasteiger partial charge is 0.211 e. The van der Waals surface area contributed by atoms with E-state index in [4.69, 9.17) is 0 Å². The van der Waals surface area contributed by atoms with Gasteiger partial charge in [0.2, 0.25) is 20.0 Å². The van der Waals surface area contributed by atoms with Gasteiger partial charge in [-0.3, -0.25) is 0 Å². The maximum absolute atomic E-state index is 11.8. The molecule has 0 saturated carbocycles. The van der Waals surface area contributed by atoms with Crippen molar-refractivity contribution in [3.8, 4) is 0 Å². The molecule has 0 bridgehead atoms. The standard InChI is InChI=1S/C13H22N2O4S2/c1-3-11-21(18,19)14-9-10-15(20(2,16)17)12-13-7-5-4-6-8-13/h4-8,14H,3,9-12H2,1-2H3. The van der Waals surface area contributed by atoms with Gasteiger partial charge < -0.3 is 0 Å². The zero-order valence-electron chi connectivity index (χ0n) is 12.3. The van der Waals surface area contributed by atoms with Crippen LogP contribution in [-0.2, 0) is 26.6 Å². The Balaban J connectivity index is 2.65. The van der Waals surface area contributed by atoms with Gasteiger partial charge in [-0.2, -0.15) is 4.31 Å². The normalized spacial score (nSPS) is 12.7. The van der Waals surface area contributed by atoms with Crippen LogP contribution >= 0.6 is 0 Å². The van der Waals surface area contributed by atoms with Crippen molar-refractivity contribution in [3.63, 3.8) is 0 Å². The van der Waals surface area contributed by atoms with E-state index in [1.54, 1.807) is 6.92 Å². The van der Waals surface area contributed by atoms with E-state index < -0.39 is 20.0 Å². The number of nitrogens with one attached hydrogen (secondary N) is 1. The van der Waals surface area contributed by atoms with E-state index >= 15 is 0 Å². The summed E-state index contributed by atoms with van der Waals surface area (Å²) in [7, 11) is -6.71. The Labute approximate surface area is 127 Å². The molecule has 0 aliphatic heterocycles. The first-order chi connectivity index (χ1) is 9.74. The van der Waals surface area contributed by atoms with Crippen LogP contribution in [0, 0.1) is 0 Å². The molecular formula is C13H22N2O4S2. The van der Waals surface area contributed by atoms with Crippen molar-refractivity contribution in [3.05, 3.63) is 35.9 Å². The summed E-state index contributed by atoms with van der Waals surface area (Å²) in [6.07, 6.45) is 1.64. The van der Waals surface area contributed by atoms with Crippen LogP contribution in [0.25, 0.3) is 0 Å². The zero-order chi connectivity index (χ0) is 15.9. The lowest BCUT2D eigenvalue weighted by Crippen LogP contribution is -2.38. The van der Waals surface area contributed by atoms with Gasteiger partial charge in [0, 0.05) is 19.6 Å². The fraction of sp³-hybridized carbons (Fsp3) is 0.538.